The Morgan fingerprint density at radius 2 is 1.81 bits per heavy atom. The summed E-state index contributed by atoms with van der Waals surface area (Å²) in [7, 11) is 0. The van der Waals surface area contributed by atoms with E-state index >= 15 is 0 Å². The SMILES string of the molecule is CC(=O)OCC(C)CCC[C@@H](C)[C@H]1CC[C@H]2[C@@H]3CCC4CCCC[C@]4(CO)[C@H]3CC[C@]12C. The summed E-state index contributed by atoms with van der Waals surface area (Å²) in [4.78, 5) is 11.1. The first-order valence-corrected chi connectivity index (χ1v) is 14.1. The molecule has 1 N–H and O–H groups in total. The van der Waals surface area contributed by atoms with Crippen LogP contribution in [-0.2, 0) is 9.53 Å². The molecule has 4 aliphatic carbocycles. The molecule has 4 saturated carbocycles. The van der Waals surface area contributed by atoms with Gasteiger partial charge in [0, 0.05) is 13.5 Å². The number of aliphatic hydroxyl groups is 1. The van der Waals surface area contributed by atoms with E-state index in [-0.39, 0.29) is 11.4 Å². The Hall–Kier alpha value is -0.570. The lowest BCUT2D eigenvalue weighted by molar-refractivity contribution is -0.142. The first kappa shape index (κ1) is 24.6. The summed E-state index contributed by atoms with van der Waals surface area (Å²) in [5, 5.41) is 10.6. The Morgan fingerprint density at radius 3 is 2.56 bits per heavy atom. The third-order valence-corrected chi connectivity index (χ3v) is 11.3. The molecule has 3 nitrogen and oxygen atoms in total. The lowest BCUT2D eigenvalue weighted by Gasteiger charge is -2.61. The van der Waals surface area contributed by atoms with Gasteiger partial charge in [-0.2, -0.15) is 0 Å². The van der Waals surface area contributed by atoms with Crippen molar-refractivity contribution >= 4 is 5.97 Å². The Balaban J connectivity index is 1.37. The van der Waals surface area contributed by atoms with Crippen LogP contribution in [0.3, 0.4) is 0 Å². The van der Waals surface area contributed by atoms with Crippen molar-refractivity contribution in [1.82, 2.24) is 0 Å². The number of ether oxygens (including phenoxy) is 1. The minimum Gasteiger partial charge on any atom is -0.466 e. The highest BCUT2D eigenvalue weighted by atomic mass is 16.5. The van der Waals surface area contributed by atoms with Crippen LogP contribution in [0.4, 0.5) is 0 Å². The second kappa shape index (κ2) is 9.96. The molecule has 0 radical (unpaired) electrons. The molecule has 0 aliphatic heterocycles. The van der Waals surface area contributed by atoms with Crippen LogP contribution < -0.4 is 0 Å². The molecule has 0 aromatic carbocycles. The van der Waals surface area contributed by atoms with E-state index in [0.717, 1.165) is 41.9 Å². The molecule has 9 atom stereocenters. The van der Waals surface area contributed by atoms with Crippen LogP contribution >= 0.6 is 0 Å². The van der Waals surface area contributed by atoms with Crippen LogP contribution in [0.25, 0.3) is 0 Å². The van der Waals surface area contributed by atoms with Crippen molar-refractivity contribution < 1.29 is 14.6 Å². The van der Waals surface area contributed by atoms with E-state index in [4.69, 9.17) is 4.74 Å². The largest absolute Gasteiger partial charge is 0.466 e. The summed E-state index contributed by atoms with van der Waals surface area (Å²) in [5.74, 6) is 5.33. The second-order valence-corrected chi connectivity index (χ2v) is 12.8. The monoisotopic (exact) mass is 446 g/mol. The number of fused-ring (bicyclic) bond motifs is 5. The number of carbonyl (C=O) groups is 1. The summed E-state index contributed by atoms with van der Waals surface area (Å²) in [6, 6.07) is 0. The number of hydrogen-bond donors (Lipinski definition) is 1. The number of aliphatic hydroxyl groups excluding tert-OH is 1. The molecule has 0 spiro atoms. The van der Waals surface area contributed by atoms with Gasteiger partial charge in [0.1, 0.15) is 0 Å². The first-order chi connectivity index (χ1) is 15.3. The lowest BCUT2D eigenvalue weighted by atomic mass is 9.44. The third kappa shape index (κ3) is 4.41. The van der Waals surface area contributed by atoms with Gasteiger partial charge >= 0.3 is 5.97 Å². The highest BCUT2D eigenvalue weighted by Crippen LogP contribution is 2.68. The van der Waals surface area contributed by atoms with Gasteiger partial charge in [0.05, 0.1) is 6.61 Å². The van der Waals surface area contributed by atoms with Crippen molar-refractivity contribution in [2.24, 2.45) is 52.3 Å². The van der Waals surface area contributed by atoms with Gasteiger partial charge < -0.3 is 9.84 Å². The fourth-order valence-corrected chi connectivity index (χ4v) is 9.69. The zero-order chi connectivity index (χ0) is 22.9. The summed E-state index contributed by atoms with van der Waals surface area (Å²) in [6.45, 7) is 9.92. The first-order valence-electron chi connectivity index (χ1n) is 14.1. The van der Waals surface area contributed by atoms with Crippen LogP contribution in [0, 0.1) is 52.3 Å². The predicted molar refractivity (Wildman–Crippen MR) is 130 cm³/mol. The molecule has 4 rings (SSSR count). The molecule has 0 aromatic heterocycles. The normalized spacial score (nSPS) is 43.0. The average molecular weight is 447 g/mol. The van der Waals surface area contributed by atoms with Crippen LogP contribution in [0.5, 0.6) is 0 Å². The Kier molecular flexibility index (Phi) is 7.64. The van der Waals surface area contributed by atoms with E-state index in [2.05, 4.69) is 20.8 Å². The van der Waals surface area contributed by atoms with Crippen LogP contribution in [0.15, 0.2) is 0 Å². The Morgan fingerprint density at radius 1 is 1.00 bits per heavy atom. The van der Waals surface area contributed by atoms with Crippen molar-refractivity contribution in [3.05, 3.63) is 0 Å². The highest BCUT2D eigenvalue weighted by Gasteiger charge is 2.61. The third-order valence-electron chi connectivity index (χ3n) is 11.3. The van der Waals surface area contributed by atoms with Crippen molar-refractivity contribution in [2.45, 2.75) is 111 Å². The standard InChI is InChI=1S/C29H50O3/c1-20(18-32-22(3)31)8-7-9-21(2)25-13-14-26-24-12-11-23-10-5-6-16-29(23,19-30)27(24)15-17-28(25,26)4/h20-21,23-27,30H,5-19H2,1-4H3/t20?,21-,23?,24+,25-,26+,27+,28-,29-/m1/s1. The molecule has 4 aliphatic rings. The Labute approximate surface area is 197 Å². The minimum absolute atomic E-state index is 0.156. The van der Waals surface area contributed by atoms with Crippen molar-refractivity contribution in [3.63, 3.8) is 0 Å². The molecular formula is C29H50O3. The topological polar surface area (TPSA) is 46.5 Å². The smallest absolute Gasteiger partial charge is 0.302 e. The van der Waals surface area contributed by atoms with E-state index in [0.29, 0.717) is 24.5 Å². The molecule has 3 heteroatoms. The van der Waals surface area contributed by atoms with E-state index in [1.165, 1.54) is 84.0 Å². The zero-order valence-electron chi connectivity index (χ0n) is 21.4. The van der Waals surface area contributed by atoms with Crippen LogP contribution in [0.2, 0.25) is 0 Å². The predicted octanol–water partition coefficient (Wildman–Crippen LogP) is 7.01. The summed E-state index contributed by atoms with van der Waals surface area (Å²) in [6.07, 6.45) is 17.6. The zero-order valence-corrected chi connectivity index (χ0v) is 21.4. The summed E-state index contributed by atoms with van der Waals surface area (Å²) < 4.78 is 5.20. The summed E-state index contributed by atoms with van der Waals surface area (Å²) in [5.41, 5.74) is 0.784. The van der Waals surface area contributed by atoms with Gasteiger partial charge in [0.25, 0.3) is 0 Å². The highest BCUT2D eigenvalue weighted by molar-refractivity contribution is 5.65. The molecule has 4 fully saturated rings. The van der Waals surface area contributed by atoms with Gasteiger partial charge in [-0.15, -0.1) is 0 Å². The molecule has 0 aromatic rings. The lowest BCUT2D eigenvalue weighted by Crippen LogP contribution is -2.55. The van der Waals surface area contributed by atoms with Gasteiger partial charge in [-0.25, -0.2) is 0 Å². The summed E-state index contributed by atoms with van der Waals surface area (Å²) >= 11 is 0. The fraction of sp³-hybridized carbons (Fsp3) is 0.966. The molecule has 0 amide bonds. The molecule has 32 heavy (non-hydrogen) atoms. The van der Waals surface area contributed by atoms with E-state index < -0.39 is 0 Å². The minimum atomic E-state index is -0.156. The van der Waals surface area contributed by atoms with Crippen molar-refractivity contribution in [1.29, 1.82) is 0 Å². The molecule has 0 bridgehead atoms. The maximum Gasteiger partial charge on any atom is 0.302 e. The van der Waals surface area contributed by atoms with Crippen LogP contribution in [-0.4, -0.2) is 24.3 Å². The quantitative estimate of drug-likeness (QED) is 0.408. The molecule has 0 heterocycles. The van der Waals surface area contributed by atoms with E-state index in [1.54, 1.807) is 0 Å². The maximum absolute atomic E-state index is 11.1. The Bertz CT molecular complexity index is 646. The van der Waals surface area contributed by atoms with Gasteiger partial charge in [0.15, 0.2) is 0 Å². The average Bonchev–Trinajstić information content (AvgIpc) is 3.14. The van der Waals surface area contributed by atoms with Gasteiger partial charge in [-0.1, -0.05) is 46.5 Å². The fourth-order valence-electron chi connectivity index (χ4n) is 9.69. The number of hydrogen-bond acceptors (Lipinski definition) is 3. The van der Waals surface area contributed by atoms with Crippen molar-refractivity contribution in [2.75, 3.05) is 13.2 Å². The molecule has 2 unspecified atom stereocenters. The number of rotatable bonds is 8. The van der Waals surface area contributed by atoms with Gasteiger partial charge in [-0.05, 0) is 110 Å². The van der Waals surface area contributed by atoms with E-state index in [1.807, 2.05) is 0 Å². The van der Waals surface area contributed by atoms with Crippen molar-refractivity contribution in [3.8, 4) is 0 Å². The van der Waals surface area contributed by atoms with E-state index in [9.17, 15) is 9.90 Å². The number of esters is 1. The second-order valence-electron chi connectivity index (χ2n) is 12.8. The van der Waals surface area contributed by atoms with Gasteiger partial charge in [0.2, 0.25) is 0 Å². The van der Waals surface area contributed by atoms with Gasteiger partial charge in [-0.3, -0.25) is 4.79 Å². The number of carbonyl (C=O) groups excluding carboxylic acids is 1. The van der Waals surface area contributed by atoms with Crippen LogP contribution in [0.1, 0.15) is 111 Å². The molecule has 184 valence electrons. The maximum atomic E-state index is 11.1. The molecule has 0 saturated heterocycles. The molecular weight excluding hydrogens is 396 g/mol.